The first-order chi connectivity index (χ1) is 10.4. The highest BCUT2D eigenvalue weighted by atomic mass is 35.5. The van der Waals surface area contributed by atoms with Gasteiger partial charge in [-0.25, -0.2) is 0 Å². The summed E-state index contributed by atoms with van der Waals surface area (Å²) in [6.45, 7) is 4.60. The summed E-state index contributed by atoms with van der Waals surface area (Å²) in [5.41, 5.74) is 0.354. The number of halogens is 2. The van der Waals surface area contributed by atoms with E-state index in [2.05, 4.69) is 10.4 Å². The number of carbonyl (C=O) groups excluding carboxylic acids is 1. The van der Waals surface area contributed by atoms with Crippen LogP contribution in [0.25, 0.3) is 5.69 Å². The lowest BCUT2D eigenvalue weighted by Crippen LogP contribution is -2.27. The highest BCUT2D eigenvalue weighted by Crippen LogP contribution is 2.16. The van der Waals surface area contributed by atoms with E-state index >= 15 is 0 Å². The lowest BCUT2D eigenvalue weighted by molar-refractivity contribution is 0.0949. The van der Waals surface area contributed by atoms with Gasteiger partial charge in [-0.3, -0.25) is 9.59 Å². The molecule has 0 aliphatic heterocycles. The first-order valence-electron chi connectivity index (χ1n) is 6.72. The van der Waals surface area contributed by atoms with E-state index in [0.717, 1.165) is 4.68 Å². The Morgan fingerprint density at radius 1 is 1.36 bits per heavy atom. The maximum atomic E-state index is 12.1. The molecule has 0 atom stereocenters. The van der Waals surface area contributed by atoms with Crippen LogP contribution in [-0.4, -0.2) is 22.2 Å². The number of hydrogen-bond donors (Lipinski definition) is 1. The van der Waals surface area contributed by atoms with E-state index in [0.29, 0.717) is 23.7 Å². The molecule has 0 spiro atoms. The second-order valence-electron chi connectivity index (χ2n) is 5.18. The van der Waals surface area contributed by atoms with Gasteiger partial charge in [-0.2, -0.15) is 9.78 Å². The topological polar surface area (TPSA) is 64.0 Å². The van der Waals surface area contributed by atoms with Crippen molar-refractivity contribution in [2.24, 2.45) is 5.92 Å². The molecule has 0 saturated heterocycles. The van der Waals surface area contributed by atoms with Gasteiger partial charge in [0.05, 0.1) is 16.9 Å². The van der Waals surface area contributed by atoms with Gasteiger partial charge in [-0.1, -0.05) is 43.1 Å². The molecular formula is C15H15Cl2N3O2. The van der Waals surface area contributed by atoms with Crippen molar-refractivity contribution < 1.29 is 4.79 Å². The second kappa shape index (κ2) is 6.94. The van der Waals surface area contributed by atoms with E-state index in [-0.39, 0.29) is 16.0 Å². The van der Waals surface area contributed by atoms with Gasteiger partial charge in [-0.05, 0) is 24.1 Å². The Hall–Kier alpha value is -1.85. The molecule has 1 heterocycles. The molecule has 7 heteroatoms. The van der Waals surface area contributed by atoms with E-state index in [1.165, 1.54) is 6.20 Å². The average molecular weight is 340 g/mol. The van der Waals surface area contributed by atoms with Crippen molar-refractivity contribution in [3.8, 4) is 5.69 Å². The molecule has 0 radical (unpaired) electrons. The van der Waals surface area contributed by atoms with Gasteiger partial charge in [0.25, 0.3) is 11.5 Å². The minimum absolute atomic E-state index is 0.0914. The zero-order chi connectivity index (χ0) is 16.3. The Morgan fingerprint density at radius 2 is 2.09 bits per heavy atom. The number of nitrogens with zero attached hydrogens (tertiary/aromatic N) is 2. The lowest BCUT2D eigenvalue weighted by atomic mass is 10.1. The Balaban J connectivity index is 2.35. The Bertz CT molecular complexity index is 757. The number of hydrogen-bond acceptors (Lipinski definition) is 3. The molecule has 1 aromatic heterocycles. The van der Waals surface area contributed by atoms with E-state index in [1.807, 2.05) is 13.8 Å². The third-order valence-corrected chi connectivity index (χ3v) is 3.65. The molecule has 2 rings (SSSR count). The number of rotatable bonds is 4. The van der Waals surface area contributed by atoms with Crippen LogP contribution >= 0.6 is 23.2 Å². The van der Waals surface area contributed by atoms with Crippen molar-refractivity contribution in [1.82, 2.24) is 15.1 Å². The molecule has 0 aliphatic carbocycles. The van der Waals surface area contributed by atoms with Crippen LogP contribution in [0.4, 0.5) is 0 Å². The lowest BCUT2D eigenvalue weighted by Gasteiger charge is -2.09. The molecule has 0 fully saturated rings. The minimum Gasteiger partial charge on any atom is -0.352 e. The van der Waals surface area contributed by atoms with Crippen molar-refractivity contribution in [1.29, 1.82) is 0 Å². The SMILES string of the molecule is CC(C)CNC(=O)c1cccc(-n2ncc(Cl)c(Cl)c2=O)c1. The molecule has 5 nitrogen and oxygen atoms in total. The van der Waals surface area contributed by atoms with E-state index in [1.54, 1.807) is 24.3 Å². The zero-order valence-corrected chi connectivity index (χ0v) is 13.6. The van der Waals surface area contributed by atoms with Gasteiger partial charge in [0.2, 0.25) is 0 Å². The van der Waals surface area contributed by atoms with Gasteiger partial charge in [0.1, 0.15) is 5.02 Å². The van der Waals surface area contributed by atoms with Crippen molar-refractivity contribution in [3.05, 3.63) is 56.4 Å². The molecule has 0 saturated carbocycles. The van der Waals surface area contributed by atoms with Crippen LogP contribution in [0, 0.1) is 5.92 Å². The van der Waals surface area contributed by atoms with Crippen LogP contribution < -0.4 is 10.9 Å². The predicted octanol–water partition coefficient (Wildman–Crippen LogP) is 2.93. The quantitative estimate of drug-likeness (QED) is 0.931. The Morgan fingerprint density at radius 3 is 2.77 bits per heavy atom. The van der Waals surface area contributed by atoms with Crippen LogP contribution in [0.5, 0.6) is 0 Å². The van der Waals surface area contributed by atoms with Crippen LogP contribution in [0.15, 0.2) is 35.3 Å². The van der Waals surface area contributed by atoms with Gasteiger partial charge < -0.3 is 5.32 Å². The monoisotopic (exact) mass is 339 g/mol. The third-order valence-electron chi connectivity index (χ3n) is 2.90. The predicted molar refractivity (Wildman–Crippen MR) is 87.0 cm³/mol. The fourth-order valence-electron chi connectivity index (χ4n) is 1.77. The summed E-state index contributed by atoms with van der Waals surface area (Å²) >= 11 is 11.6. The molecule has 1 N–H and O–H groups in total. The standard InChI is InChI=1S/C15H15Cl2N3O2/c1-9(2)7-18-14(21)10-4-3-5-11(6-10)20-15(22)13(17)12(16)8-19-20/h3-6,8-9H,7H2,1-2H3,(H,18,21). The molecular weight excluding hydrogens is 325 g/mol. The van der Waals surface area contributed by atoms with Crippen LogP contribution in [-0.2, 0) is 0 Å². The average Bonchev–Trinajstić information content (AvgIpc) is 2.50. The van der Waals surface area contributed by atoms with Crippen molar-refractivity contribution in [2.45, 2.75) is 13.8 Å². The van der Waals surface area contributed by atoms with Gasteiger partial charge >= 0.3 is 0 Å². The normalized spacial score (nSPS) is 10.8. The van der Waals surface area contributed by atoms with Crippen molar-refractivity contribution in [2.75, 3.05) is 6.54 Å². The smallest absolute Gasteiger partial charge is 0.291 e. The van der Waals surface area contributed by atoms with Crippen LogP contribution in [0.2, 0.25) is 10.0 Å². The summed E-state index contributed by atoms with van der Waals surface area (Å²) in [6.07, 6.45) is 1.29. The molecule has 22 heavy (non-hydrogen) atoms. The highest BCUT2D eigenvalue weighted by Gasteiger charge is 2.11. The Labute approximate surface area is 137 Å². The number of carbonyl (C=O) groups is 1. The fourth-order valence-corrected chi connectivity index (χ4v) is 2.03. The second-order valence-corrected chi connectivity index (χ2v) is 5.96. The number of benzene rings is 1. The maximum absolute atomic E-state index is 12.1. The number of amides is 1. The van der Waals surface area contributed by atoms with Crippen molar-refractivity contribution in [3.63, 3.8) is 0 Å². The van der Waals surface area contributed by atoms with Gasteiger partial charge in [0.15, 0.2) is 0 Å². The third kappa shape index (κ3) is 3.67. The number of aromatic nitrogens is 2. The summed E-state index contributed by atoms with van der Waals surface area (Å²) in [5.74, 6) is 0.148. The molecule has 1 aromatic carbocycles. The molecule has 0 bridgehead atoms. The highest BCUT2D eigenvalue weighted by molar-refractivity contribution is 6.41. The van der Waals surface area contributed by atoms with Gasteiger partial charge in [0, 0.05) is 12.1 Å². The van der Waals surface area contributed by atoms with E-state index < -0.39 is 5.56 Å². The molecule has 116 valence electrons. The zero-order valence-electron chi connectivity index (χ0n) is 12.1. The van der Waals surface area contributed by atoms with Gasteiger partial charge in [-0.15, -0.1) is 0 Å². The first kappa shape index (κ1) is 16.5. The fraction of sp³-hybridized carbons (Fsp3) is 0.267. The van der Waals surface area contributed by atoms with E-state index in [4.69, 9.17) is 23.2 Å². The molecule has 2 aromatic rings. The summed E-state index contributed by atoms with van der Waals surface area (Å²) < 4.78 is 1.10. The molecule has 0 aliphatic rings. The molecule has 0 unspecified atom stereocenters. The van der Waals surface area contributed by atoms with Crippen LogP contribution in [0.1, 0.15) is 24.2 Å². The minimum atomic E-state index is -0.533. The largest absolute Gasteiger partial charge is 0.352 e. The molecule has 1 amide bonds. The summed E-state index contributed by atoms with van der Waals surface area (Å²) in [5, 5.41) is 6.74. The number of nitrogens with one attached hydrogen (secondary N) is 1. The first-order valence-corrected chi connectivity index (χ1v) is 7.47. The van der Waals surface area contributed by atoms with Crippen molar-refractivity contribution >= 4 is 29.1 Å². The Kier molecular flexibility index (Phi) is 5.21. The van der Waals surface area contributed by atoms with E-state index in [9.17, 15) is 9.59 Å². The maximum Gasteiger partial charge on any atom is 0.291 e. The summed E-state index contributed by atoms with van der Waals surface area (Å²) in [4.78, 5) is 24.1. The van der Waals surface area contributed by atoms with Crippen LogP contribution in [0.3, 0.4) is 0 Å². The summed E-state index contributed by atoms with van der Waals surface area (Å²) in [6, 6.07) is 6.59. The summed E-state index contributed by atoms with van der Waals surface area (Å²) in [7, 11) is 0.